The van der Waals surface area contributed by atoms with Crippen LogP contribution in [0.3, 0.4) is 0 Å². The molecule has 4 rings (SSSR count). The van der Waals surface area contributed by atoms with Crippen LogP contribution in [0.15, 0.2) is 6.07 Å². The van der Waals surface area contributed by atoms with Gasteiger partial charge in [-0.2, -0.15) is 0 Å². The van der Waals surface area contributed by atoms with E-state index in [9.17, 15) is 0 Å². The highest BCUT2D eigenvalue weighted by Gasteiger charge is 2.56. The quantitative estimate of drug-likeness (QED) is 0.414. The van der Waals surface area contributed by atoms with Crippen molar-refractivity contribution >= 4 is 16.6 Å². The molecule has 6 heteroatoms. The Morgan fingerprint density at radius 1 is 0.875 bits per heavy atom. The summed E-state index contributed by atoms with van der Waals surface area (Å²) in [6, 6.07) is 2.29. The van der Waals surface area contributed by atoms with Gasteiger partial charge in [0.1, 0.15) is 0 Å². The van der Waals surface area contributed by atoms with E-state index >= 15 is 0 Å². The molecule has 5 atom stereocenters. The first-order valence-corrected chi connectivity index (χ1v) is 19.3. The van der Waals surface area contributed by atoms with Gasteiger partial charge < -0.3 is 18.3 Å². The van der Waals surface area contributed by atoms with Gasteiger partial charge >= 0.3 is 0 Å². The standard InChI is InChI=1S/C26H44O4Si2/c1-26-15-14-17-18(21(26)12-13-23(26)29-31(4,5)6)10-11-19-20(17)16-22(27-2)25(24(19)28-3)30-32(7,8)9/h16-18,21,23H,10-15H2,1-9H3. The van der Waals surface area contributed by atoms with Gasteiger partial charge in [0.2, 0.25) is 8.32 Å². The van der Waals surface area contributed by atoms with Crippen molar-refractivity contribution in [2.24, 2.45) is 17.3 Å². The van der Waals surface area contributed by atoms with Crippen LogP contribution in [0, 0.1) is 17.3 Å². The average Bonchev–Trinajstić information content (AvgIpc) is 3.00. The fraction of sp³-hybridized carbons (Fsp3) is 0.769. The van der Waals surface area contributed by atoms with E-state index in [-0.39, 0.29) is 0 Å². The molecule has 4 nitrogen and oxygen atoms in total. The zero-order chi connectivity index (χ0) is 23.5. The van der Waals surface area contributed by atoms with Crippen molar-refractivity contribution in [3.8, 4) is 17.2 Å². The van der Waals surface area contributed by atoms with E-state index in [0.29, 0.717) is 17.4 Å². The Balaban J connectivity index is 1.69. The van der Waals surface area contributed by atoms with Gasteiger partial charge in [-0.3, -0.25) is 0 Å². The Bertz CT molecular complexity index is 857. The Labute approximate surface area is 197 Å². The van der Waals surface area contributed by atoms with Crippen molar-refractivity contribution in [2.45, 2.75) is 96.8 Å². The molecule has 1 aromatic carbocycles. The van der Waals surface area contributed by atoms with E-state index in [0.717, 1.165) is 35.5 Å². The lowest BCUT2D eigenvalue weighted by molar-refractivity contribution is -0.0142. The van der Waals surface area contributed by atoms with Gasteiger partial charge in [0.15, 0.2) is 25.6 Å². The molecule has 2 fully saturated rings. The number of hydrogen-bond donors (Lipinski definition) is 0. The molecule has 0 radical (unpaired) electrons. The van der Waals surface area contributed by atoms with Gasteiger partial charge in [-0.25, -0.2) is 0 Å². The highest BCUT2D eigenvalue weighted by atomic mass is 28.4. The molecule has 0 spiro atoms. The van der Waals surface area contributed by atoms with Crippen LogP contribution >= 0.6 is 0 Å². The molecule has 0 heterocycles. The van der Waals surface area contributed by atoms with Crippen LogP contribution in [-0.2, 0) is 10.8 Å². The van der Waals surface area contributed by atoms with Gasteiger partial charge in [0.25, 0.3) is 0 Å². The third kappa shape index (κ3) is 4.27. The van der Waals surface area contributed by atoms with Gasteiger partial charge in [-0.05, 0) is 113 Å². The van der Waals surface area contributed by atoms with Gasteiger partial charge in [-0.1, -0.05) is 6.92 Å². The van der Waals surface area contributed by atoms with E-state index in [4.69, 9.17) is 18.3 Å². The largest absolute Gasteiger partial charge is 0.539 e. The topological polar surface area (TPSA) is 36.9 Å². The van der Waals surface area contributed by atoms with E-state index in [1.165, 1.54) is 43.2 Å². The number of methoxy groups -OCH3 is 2. The normalized spacial score (nSPS) is 32.0. The SMILES string of the molecule is COc1cc2c(c(OC)c1O[Si](C)(C)C)CCC1C2CCC2(C)C(O[Si](C)(C)C)CCC12. The van der Waals surface area contributed by atoms with Crippen molar-refractivity contribution < 1.29 is 18.3 Å². The van der Waals surface area contributed by atoms with Gasteiger partial charge in [0, 0.05) is 5.56 Å². The molecule has 3 aliphatic carbocycles. The van der Waals surface area contributed by atoms with Gasteiger partial charge in [0.05, 0.1) is 20.3 Å². The maximum atomic E-state index is 6.74. The molecule has 180 valence electrons. The maximum absolute atomic E-state index is 6.74. The lowest BCUT2D eigenvalue weighted by Gasteiger charge is -2.51. The summed E-state index contributed by atoms with van der Waals surface area (Å²) in [5, 5.41) is 0. The molecule has 3 aliphatic rings. The van der Waals surface area contributed by atoms with Crippen molar-refractivity contribution in [3.63, 3.8) is 0 Å². The molecular formula is C26H44O4Si2. The summed E-state index contributed by atoms with van der Waals surface area (Å²) in [6.45, 7) is 16.2. The van der Waals surface area contributed by atoms with Gasteiger partial charge in [-0.15, -0.1) is 0 Å². The average molecular weight is 477 g/mol. The molecule has 1 aromatic rings. The summed E-state index contributed by atoms with van der Waals surface area (Å²) >= 11 is 0. The summed E-state index contributed by atoms with van der Waals surface area (Å²) in [5.74, 6) is 4.64. The zero-order valence-corrected chi connectivity index (χ0v) is 23.8. The smallest absolute Gasteiger partial charge is 0.242 e. The second kappa shape index (κ2) is 8.35. The van der Waals surface area contributed by atoms with Crippen LogP contribution in [0.4, 0.5) is 0 Å². The van der Waals surface area contributed by atoms with Crippen LogP contribution in [0.25, 0.3) is 0 Å². The molecule has 0 aromatic heterocycles. The Hall–Kier alpha value is -0.986. The van der Waals surface area contributed by atoms with Crippen molar-refractivity contribution in [2.75, 3.05) is 14.2 Å². The number of ether oxygens (including phenoxy) is 2. The molecule has 0 N–H and O–H groups in total. The Morgan fingerprint density at radius 3 is 2.19 bits per heavy atom. The lowest BCUT2D eigenvalue weighted by Crippen LogP contribution is -2.47. The van der Waals surface area contributed by atoms with E-state index < -0.39 is 16.6 Å². The molecule has 0 amide bonds. The van der Waals surface area contributed by atoms with Crippen LogP contribution in [0.1, 0.15) is 56.1 Å². The van der Waals surface area contributed by atoms with Crippen molar-refractivity contribution in [1.82, 2.24) is 0 Å². The van der Waals surface area contributed by atoms with Crippen LogP contribution in [0.5, 0.6) is 17.2 Å². The van der Waals surface area contributed by atoms with Crippen LogP contribution < -0.4 is 13.9 Å². The molecule has 0 aliphatic heterocycles. The monoisotopic (exact) mass is 476 g/mol. The minimum Gasteiger partial charge on any atom is -0.539 e. The third-order valence-electron chi connectivity index (χ3n) is 8.14. The Kier molecular flexibility index (Phi) is 6.30. The fourth-order valence-electron chi connectivity index (χ4n) is 6.99. The van der Waals surface area contributed by atoms with E-state index in [2.05, 4.69) is 52.3 Å². The second-order valence-electron chi connectivity index (χ2n) is 12.5. The third-order valence-corrected chi connectivity index (χ3v) is 9.95. The van der Waals surface area contributed by atoms with Crippen LogP contribution in [-0.4, -0.2) is 37.0 Å². The Morgan fingerprint density at radius 2 is 1.59 bits per heavy atom. The first-order valence-electron chi connectivity index (χ1n) is 12.5. The van der Waals surface area contributed by atoms with E-state index in [1.807, 2.05) is 0 Å². The molecule has 2 saturated carbocycles. The van der Waals surface area contributed by atoms with Crippen molar-refractivity contribution in [1.29, 1.82) is 0 Å². The number of hydrogen-bond acceptors (Lipinski definition) is 4. The predicted molar refractivity (Wildman–Crippen MR) is 136 cm³/mol. The van der Waals surface area contributed by atoms with Crippen LogP contribution in [0.2, 0.25) is 39.3 Å². The second-order valence-corrected chi connectivity index (χ2v) is 21.4. The first-order chi connectivity index (χ1) is 14.9. The molecule has 5 unspecified atom stereocenters. The maximum Gasteiger partial charge on any atom is 0.242 e. The summed E-state index contributed by atoms with van der Waals surface area (Å²) in [7, 11) is 0.199. The number of benzene rings is 1. The number of fused-ring (bicyclic) bond motifs is 5. The fourth-order valence-corrected chi connectivity index (χ4v) is 9.04. The van der Waals surface area contributed by atoms with E-state index in [1.54, 1.807) is 14.2 Å². The summed E-state index contributed by atoms with van der Waals surface area (Å²) in [4.78, 5) is 0. The molecule has 0 bridgehead atoms. The summed E-state index contributed by atoms with van der Waals surface area (Å²) < 4.78 is 25.1. The predicted octanol–water partition coefficient (Wildman–Crippen LogP) is 6.99. The zero-order valence-electron chi connectivity index (χ0n) is 21.8. The highest BCUT2D eigenvalue weighted by Crippen LogP contribution is 2.63. The first kappa shape index (κ1) is 24.1. The summed E-state index contributed by atoms with van der Waals surface area (Å²) in [6.07, 6.45) is 7.79. The summed E-state index contributed by atoms with van der Waals surface area (Å²) in [5.41, 5.74) is 3.14. The highest BCUT2D eigenvalue weighted by molar-refractivity contribution is 6.70. The molecule has 0 saturated heterocycles. The number of rotatable bonds is 6. The minimum absolute atomic E-state index is 0.327. The molecule has 32 heavy (non-hydrogen) atoms. The van der Waals surface area contributed by atoms with Crippen molar-refractivity contribution in [3.05, 3.63) is 17.2 Å². The minimum atomic E-state index is -1.80. The lowest BCUT2D eigenvalue weighted by atomic mass is 9.55. The molecular weight excluding hydrogens is 432 g/mol.